The number of H-pyrrole nitrogens is 1. The number of aromatic amines is 1. The molecule has 0 bridgehead atoms. The van der Waals surface area contributed by atoms with Crippen molar-refractivity contribution in [2.75, 3.05) is 57.0 Å². The summed E-state index contributed by atoms with van der Waals surface area (Å²) in [6.07, 6.45) is -8.66. The first-order valence-electron chi connectivity index (χ1n) is 24.6. The number of carbonyl (C=O) groups excluding carboxylic acids is 7. The van der Waals surface area contributed by atoms with E-state index in [0.29, 0.717) is 41.6 Å². The van der Waals surface area contributed by atoms with Crippen LogP contribution in [0.2, 0.25) is 0 Å². The van der Waals surface area contributed by atoms with Crippen LogP contribution in [0.25, 0.3) is 21.7 Å². The lowest BCUT2D eigenvalue weighted by molar-refractivity contribution is -0.282. The average Bonchev–Trinajstić information content (AvgIpc) is 3.99. The number of methoxy groups -OCH3 is 1. The molecule has 5 N–H and O–H groups in total. The van der Waals surface area contributed by atoms with Gasteiger partial charge in [0, 0.05) is 68.0 Å². The number of nitrogens with two attached hydrogens (primary N) is 1. The van der Waals surface area contributed by atoms with Crippen LogP contribution in [0, 0.1) is 5.92 Å². The zero-order valence-electron chi connectivity index (χ0n) is 43.6. The van der Waals surface area contributed by atoms with E-state index in [1.54, 1.807) is 36.9 Å². The van der Waals surface area contributed by atoms with Gasteiger partial charge in [-0.2, -0.15) is 0 Å². The molecule has 1 saturated heterocycles. The molecule has 2 aliphatic heterocycles. The fourth-order valence-electron chi connectivity index (χ4n) is 8.89. The molecular formula is C54H63ClN6O15. The Morgan fingerprint density at radius 2 is 1.51 bits per heavy atom. The average molecular weight is 1070 g/mol. The maximum atomic E-state index is 14.5. The molecule has 21 nitrogen and oxygen atoms in total. The number of hydrogen-bond donors (Lipinski definition) is 4. The van der Waals surface area contributed by atoms with Crippen LogP contribution in [0.5, 0.6) is 17.2 Å². The number of ether oxygens (including phenoxy) is 8. The number of nitrogens with one attached hydrogen (secondary N) is 3. The predicted molar refractivity (Wildman–Crippen MR) is 279 cm³/mol. The smallest absolute Gasteiger partial charge is 0.339 e. The number of rotatable bonds is 20. The Labute approximate surface area is 443 Å². The number of nitrogens with zero attached hydrogens (tertiary/aromatic N) is 2. The summed E-state index contributed by atoms with van der Waals surface area (Å²) in [5.41, 5.74) is 9.11. The van der Waals surface area contributed by atoms with Crippen LogP contribution in [-0.4, -0.2) is 141 Å². The van der Waals surface area contributed by atoms with E-state index < -0.39 is 78.5 Å². The number of halogens is 1. The minimum atomic E-state index is -1.81. The van der Waals surface area contributed by atoms with Crippen molar-refractivity contribution in [1.29, 1.82) is 0 Å². The quantitative estimate of drug-likeness (QED) is 0.0436. The van der Waals surface area contributed by atoms with Gasteiger partial charge in [-0.1, -0.05) is 44.2 Å². The summed E-state index contributed by atoms with van der Waals surface area (Å²) < 4.78 is 46.6. The van der Waals surface area contributed by atoms with Crippen LogP contribution in [0.1, 0.15) is 69.1 Å². The number of amides is 3. The number of esters is 4. The molecule has 76 heavy (non-hydrogen) atoms. The first-order chi connectivity index (χ1) is 36.2. The fraction of sp³-hybridized carbons (Fsp3) is 0.426. The molecule has 0 aliphatic carbocycles. The highest BCUT2D eigenvalue weighted by Gasteiger charge is 2.56. The predicted octanol–water partition coefficient (Wildman–Crippen LogP) is 5.32. The van der Waals surface area contributed by atoms with Gasteiger partial charge in [0.2, 0.25) is 24.2 Å². The molecule has 5 aromatic rings. The van der Waals surface area contributed by atoms with Crippen LogP contribution in [-0.2, 0) is 59.1 Å². The van der Waals surface area contributed by atoms with E-state index in [2.05, 4.69) is 15.6 Å². The summed E-state index contributed by atoms with van der Waals surface area (Å²) >= 11 is 6.64. The molecule has 2 aliphatic rings. The van der Waals surface area contributed by atoms with Crippen LogP contribution < -0.4 is 35.5 Å². The molecule has 22 heteroatoms. The van der Waals surface area contributed by atoms with E-state index in [0.717, 1.165) is 61.7 Å². The van der Waals surface area contributed by atoms with Gasteiger partial charge in [0.05, 0.1) is 24.5 Å². The third-order valence-corrected chi connectivity index (χ3v) is 13.1. The topological polar surface area (TPSA) is 266 Å². The van der Waals surface area contributed by atoms with Crippen molar-refractivity contribution in [3.63, 3.8) is 0 Å². The van der Waals surface area contributed by atoms with Crippen molar-refractivity contribution < 1.29 is 71.5 Å². The molecule has 4 aromatic carbocycles. The molecule has 3 heterocycles. The number of aromatic nitrogens is 1. The minimum Gasteiger partial charge on any atom is -0.492 e. The van der Waals surface area contributed by atoms with Crippen LogP contribution >= 0.6 is 11.6 Å². The molecule has 0 saturated carbocycles. The second-order valence-corrected chi connectivity index (χ2v) is 19.4. The number of fused-ring (bicyclic) bond motifs is 4. The van der Waals surface area contributed by atoms with Crippen molar-refractivity contribution in [2.45, 2.75) is 96.9 Å². The van der Waals surface area contributed by atoms with E-state index in [1.807, 2.05) is 61.5 Å². The van der Waals surface area contributed by atoms with E-state index >= 15 is 0 Å². The third-order valence-electron chi connectivity index (χ3n) is 12.7. The van der Waals surface area contributed by atoms with Crippen molar-refractivity contribution in [3.8, 4) is 17.2 Å². The summed E-state index contributed by atoms with van der Waals surface area (Å²) in [5.74, 6) is -4.55. The molecule has 1 aromatic heterocycles. The Kier molecular flexibility index (Phi) is 18.1. The van der Waals surface area contributed by atoms with E-state index in [9.17, 15) is 33.6 Å². The Bertz CT molecular complexity index is 3000. The number of anilines is 2. The Morgan fingerprint density at radius 3 is 2.17 bits per heavy atom. The second-order valence-electron chi connectivity index (χ2n) is 19.1. The lowest BCUT2D eigenvalue weighted by Gasteiger charge is -2.43. The lowest BCUT2D eigenvalue weighted by Crippen LogP contribution is -2.64. The first kappa shape index (κ1) is 56.3. The van der Waals surface area contributed by atoms with E-state index in [1.165, 1.54) is 19.1 Å². The zero-order chi connectivity index (χ0) is 55.1. The van der Waals surface area contributed by atoms with Crippen LogP contribution in [0.3, 0.4) is 0 Å². The van der Waals surface area contributed by atoms with Gasteiger partial charge in [0.1, 0.15) is 42.2 Å². The van der Waals surface area contributed by atoms with Gasteiger partial charge in [-0.05, 0) is 79.8 Å². The van der Waals surface area contributed by atoms with Gasteiger partial charge < -0.3 is 69.0 Å². The van der Waals surface area contributed by atoms with Crippen LogP contribution in [0.15, 0.2) is 72.8 Å². The van der Waals surface area contributed by atoms with Crippen molar-refractivity contribution >= 4 is 86.2 Å². The van der Waals surface area contributed by atoms with Gasteiger partial charge in [0.15, 0.2) is 18.3 Å². The number of benzene rings is 4. The molecule has 3 amide bonds. The molecule has 0 unspecified atom stereocenters. The summed E-state index contributed by atoms with van der Waals surface area (Å²) in [6, 6.07) is 19.4. The molecule has 0 radical (unpaired) electrons. The third kappa shape index (κ3) is 13.0. The Hall–Kier alpha value is -7.46. The van der Waals surface area contributed by atoms with Crippen molar-refractivity contribution in [2.24, 2.45) is 11.7 Å². The minimum absolute atomic E-state index is 0.00301. The highest BCUT2D eigenvalue weighted by molar-refractivity contribution is 6.19. The van der Waals surface area contributed by atoms with Crippen molar-refractivity contribution in [3.05, 3.63) is 89.6 Å². The van der Waals surface area contributed by atoms with Gasteiger partial charge in [0.25, 0.3) is 5.91 Å². The van der Waals surface area contributed by atoms with Crippen LogP contribution in [0.4, 0.5) is 11.4 Å². The molecule has 0 spiro atoms. The van der Waals surface area contributed by atoms with Gasteiger partial charge in [-0.25, -0.2) is 4.79 Å². The number of alkyl halides is 1. The maximum Gasteiger partial charge on any atom is 0.339 e. The highest BCUT2D eigenvalue weighted by atomic mass is 35.5. The maximum absolute atomic E-state index is 14.5. The summed E-state index contributed by atoms with van der Waals surface area (Å²) in [5, 5.41) is 7.71. The summed E-state index contributed by atoms with van der Waals surface area (Å²) in [4.78, 5) is 99.1. The zero-order valence-corrected chi connectivity index (χ0v) is 44.4. The monoisotopic (exact) mass is 1070 g/mol. The first-order valence-corrected chi connectivity index (χ1v) is 25.1. The SMILES string of the molecule is COC(=O)[C@H]1O[C@@H](Oc2cc(COc3cc4c(c5ccccc35)[C@H](CCl)CN4C(=O)c3cc4cc(OCCN(C)C)ccc4[nH]3)ccc2NC(=O)[C@H](C)NC(=O)[C@@H](N)C(C)C)[C@H](OC(C)=O)[C@@H](OC(C)=O)[C@@H]1OC(C)=O. The fourth-order valence-corrected chi connectivity index (χ4v) is 9.15. The van der Waals surface area contributed by atoms with E-state index in [4.69, 9.17) is 55.2 Å². The summed E-state index contributed by atoms with van der Waals surface area (Å²) in [6.45, 7) is 9.53. The Balaban J connectivity index is 1.24. The normalized spacial score (nSPS) is 19.8. The number of hydrogen-bond acceptors (Lipinski definition) is 17. The standard InChI is InChI=1S/C54H63ClN6O15/c1-27(2)45(56)51(66)57-28(3)50(65)59-39-16-14-32(20-43(39)75-54-49(74-31(6)64)47(73-30(5)63)46(72-29(4)62)48(76-54)53(68)69-9)26-71-42-23-41-44(37-13-11-10-12-36(37)42)34(24-55)25-61(41)52(67)40-22-33-21-35(15-17-38(33)58-40)70-19-18-60(7)8/h10-17,20-23,27-28,34,45-49,54,58H,18-19,24-26,56H2,1-9H3,(H,57,66)(H,59,65)/t28-,34+,45-,46-,47-,48-,49+,54+/m0/s1. The molecule has 7 rings (SSSR count). The molecule has 406 valence electrons. The molecular weight excluding hydrogens is 1010 g/mol. The second kappa shape index (κ2) is 24.5. The van der Waals surface area contributed by atoms with Gasteiger partial charge in [-0.3, -0.25) is 28.8 Å². The van der Waals surface area contributed by atoms with Gasteiger partial charge >= 0.3 is 23.9 Å². The highest BCUT2D eigenvalue weighted by Crippen LogP contribution is 2.46. The van der Waals surface area contributed by atoms with Gasteiger partial charge in [-0.15, -0.1) is 11.6 Å². The number of carbonyl (C=O) groups is 7. The number of likely N-dealkylation sites (N-methyl/N-ethyl adjacent to an activating group) is 1. The lowest BCUT2D eigenvalue weighted by atomic mass is 9.95. The van der Waals surface area contributed by atoms with E-state index in [-0.39, 0.29) is 41.7 Å². The summed E-state index contributed by atoms with van der Waals surface area (Å²) in [7, 11) is 4.98. The molecule has 8 atom stereocenters. The van der Waals surface area contributed by atoms with Crippen molar-refractivity contribution in [1.82, 2.24) is 15.2 Å². The Morgan fingerprint density at radius 1 is 0.829 bits per heavy atom. The molecule has 1 fully saturated rings. The largest absolute Gasteiger partial charge is 0.492 e.